The first-order valence-electron chi connectivity index (χ1n) is 9.78. The fourth-order valence-electron chi connectivity index (χ4n) is 3.19. The summed E-state index contributed by atoms with van der Waals surface area (Å²) in [6, 6.07) is 21.0. The number of aryl methyl sites for hydroxylation is 1. The van der Waals surface area contributed by atoms with Crippen molar-refractivity contribution in [1.29, 1.82) is 0 Å². The molecule has 29 heavy (non-hydrogen) atoms. The van der Waals surface area contributed by atoms with E-state index in [0.717, 1.165) is 17.5 Å². The summed E-state index contributed by atoms with van der Waals surface area (Å²) in [7, 11) is 1.78. The Labute approximate surface area is 176 Å². The highest BCUT2D eigenvalue weighted by Crippen LogP contribution is 2.13. The average molecular weight is 407 g/mol. The molecular weight excluding hydrogens is 380 g/mol. The number of hydrogen-bond acceptors (Lipinski definition) is 3. The lowest BCUT2D eigenvalue weighted by Gasteiger charge is -2.25. The SMILES string of the molecule is CCc1ccc(CN(C)C(=O)C(Cc2ccccc2)NC(=O)c2cccs2)cc1. The number of nitrogens with zero attached hydrogens (tertiary/aromatic N) is 1. The molecule has 1 heterocycles. The predicted octanol–water partition coefficient (Wildman–Crippen LogP) is 4.31. The standard InChI is InChI=1S/C24H26N2O2S/c1-3-18-11-13-20(14-12-18)17-26(2)24(28)21(16-19-8-5-4-6-9-19)25-23(27)22-10-7-15-29-22/h4-15,21H,3,16-17H2,1-2H3,(H,25,27). The maximum Gasteiger partial charge on any atom is 0.262 e. The van der Waals surface area contributed by atoms with Gasteiger partial charge >= 0.3 is 0 Å². The summed E-state index contributed by atoms with van der Waals surface area (Å²) in [4.78, 5) is 28.1. The van der Waals surface area contributed by atoms with Crippen LogP contribution in [0.5, 0.6) is 0 Å². The molecule has 1 atom stereocenters. The van der Waals surface area contributed by atoms with Crippen LogP contribution in [0.3, 0.4) is 0 Å². The summed E-state index contributed by atoms with van der Waals surface area (Å²) >= 11 is 1.37. The molecule has 4 nitrogen and oxygen atoms in total. The molecule has 0 aliphatic rings. The lowest BCUT2D eigenvalue weighted by Crippen LogP contribution is -2.48. The first-order valence-corrected chi connectivity index (χ1v) is 10.7. The number of rotatable bonds is 8. The molecule has 0 fully saturated rings. The zero-order chi connectivity index (χ0) is 20.6. The van der Waals surface area contributed by atoms with Gasteiger partial charge in [-0.15, -0.1) is 11.3 Å². The van der Waals surface area contributed by atoms with E-state index in [1.165, 1.54) is 16.9 Å². The van der Waals surface area contributed by atoms with Crippen molar-refractivity contribution < 1.29 is 9.59 Å². The van der Waals surface area contributed by atoms with Gasteiger partial charge in [0, 0.05) is 20.0 Å². The van der Waals surface area contributed by atoms with Crippen LogP contribution in [0.1, 0.15) is 33.3 Å². The largest absolute Gasteiger partial charge is 0.340 e. The normalized spacial score (nSPS) is 11.7. The van der Waals surface area contributed by atoms with Gasteiger partial charge in [0.15, 0.2) is 0 Å². The summed E-state index contributed by atoms with van der Waals surface area (Å²) < 4.78 is 0. The van der Waals surface area contributed by atoms with E-state index >= 15 is 0 Å². The van der Waals surface area contributed by atoms with Crippen LogP contribution in [-0.4, -0.2) is 29.8 Å². The molecule has 0 spiro atoms. The van der Waals surface area contributed by atoms with Crippen LogP contribution in [0.15, 0.2) is 72.1 Å². The summed E-state index contributed by atoms with van der Waals surface area (Å²) in [5.74, 6) is -0.312. The van der Waals surface area contributed by atoms with Crippen molar-refractivity contribution in [3.8, 4) is 0 Å². The van der Waals surface area contributed by atoms with Crippen LogP contribution in [-0.2, 0) is 24.2 Å². The molecule has 0 saturated carbocycles. The van der Waals surface area contributed by atoms with Crippen molar-refractivity contribution in [2.24, 2.45) is 0 Å². The van der Waals surface area contributed by atoms with Crippen LogP contribution in [0.25, 0.3) is 0 Å². The Morgan fingerprint density at radius 2 is 1.62 bits per heavy atom. The smallest absolute Gasteiger partial charge is 0.262 e. The third-order valence-electron chi connectivity index (χ3n) is 4.86. The fourth-order valence-corrected chi connectivity index (χ4v) is 3.81. The second-order valence-corrected chi connectivity index (χ2v) is 8.01. The third kappa shape index (κ3) is 5.78. The van der Waals surface area contributed by atoms with Gasteiger partial charge in [0.25, 0.3) is 5.91 Å². The van der Waals surface area contributed by atoms with Crippen LogP contribution in [0.2, 0.25) is 0 Å². The number of carbonyl (C=O) groups is 2. The number of thiophene rings is 1. The van der Waals surface area contributed by atoms with Crippen LogP contribution >= 0.6 is 11.3 Å². The number of likely N-dealkylation sites (N-methyl/N-ethyl adjacent to an activating group) is 1. The minimum Gasteiger partial charge on any atom is -0.340 e. The Hall–Kier alpha value is -2.92. The summed E-state index contributed by atoms with van der Waals surface area (Å²) in [5, 5.41) is 4.79. The molecule has 3 aromatic rings. The zero-order valence-electron chi connectivity index (χ0n) is 16.8. The second kappa shape index (κ2) is 10.0. The zero-order valence-corrected chi connectivity index (χ0v) is 17.6. The van der Waals surface area contributed by atoms with E-state index in [-0.39, 0.29) is 11.8 Å². The Morgan fingerprint density at radius 3 is 2.24 bits per heavy atom. The van der Waals surface area contributed by atoms with Crippen LogP contribution < -0.4 is 5.32 Å². The molecule has 1 aromatic heterocycles. The molecule has 1 unspecified atom stereocenters. The minimum atomic E-state index is -0.619. The highest BCUT2D eigenvalue weighted by atomic mass is 32.1. The molecule has 150 valence electrons. The van der Waals surface area contributed by atoms with E-state index in [2.05, 4.69) is 36.5 Å². The average Bonchev–Trinajstić information content (AvgIpc) is 3.29. The van der Waals surface area contributed by atoms with Crippen molar-refractivity contribution in [2.45, 2.75) is 32.4 Å². The molecule has 5 heteroatoms. The number of benzene rings is 2. The van der Waals surface area contributed by atoms with E-state index in [4.69, 9.17) is 0 Å². The van der Waals surface area contributed by atoms with E-state index in [1.807, 2.05) is 41.8 Å². The van der Waals surface area contributed by atoms with E-state index in [1.54, 1.807) is 18.0 Å². The molecule has 1 N–H and O–H groups in total. The van der Waals surface area contributed by atoms with E-state index in [9.17, 15) is 9.59 Å². The molecule has 2 aromatic carbocycles. The van der Waals surface area contributed by atoms with Gasteiger partial charge in [0.05, 0.1) is 4.88 Å². The summed E-state index contributed by atoms with van der Waals surface area (Å²) in [6.45, 7) is 2.62. The molecule has 0 saturated heterocycles. The molecule has 0 aliphatic heterocycles. The Kier molecular flexibility index (Phi) is 7.19. The summed E-state index contributed by atoms with van der Waals surface area (Å²) in [5.41, 5.74) is 3.35. The van der Waals surface area contributed by atoms with Crippen molar-refractivity contribution in [1.82, 2.24) is 10.2 Å². The van der Waals surface area contributed by atoms with Gasteiger partial charge in [-0.05, 0) is 34.6 Å². The predicted molar refractivity (Wildman–Crippen MR) is 118 cm³/mol. The van der Waals surface area contributed by atoms with Gasteiger partial charge in [-0.2, -0.15) is 0 Å². The molecule has 3 rings (SSSR count). The number of carbonyl (C=O) groups excluding carboxylic acids is 2. The van der Waals surface area contributed by atoms with Gasteiger partial charge in [0.2, 0.25) is 5.91 Å². The maximum atomic E-state index is 13.2. The van der Waals surface area contributed by atoms with Gasteiger partial charge < -0.3 is 10.2 Å². The number of nitrogens with one attached hydrogen (secondary N) is 1. The quantitative estimate of drug-likeness (QED) is 0.606. The second-order valence-electron chi connectivity index (χ2n) is 7.06. The van der Waals surface area contributed by atoms with Gasteiger partial charge in [-0.3, -0.25) is 9.59 Å². The lowest BCUT2D eigenvalue weighted by atomic mass is 10.0. The van der Waals surface area contributed by atoms with Crippen LogP contribution in [0, 0.1) is 0 Å². The van der Waals surface area contributed by atoms with Crippen molar-refractivity contribution in [3.63, 3.8) is 0 Å². The van der Waals surface area contributed by atoms with E-state index < -0.39 is 6.04 Å². The lowest BCUT2D eigenvalue weighted by molar-refractivity contribution is -0.132. The van der Waals surface area contributed by atoms with Gasteiger partial charge in [-0.25, -0.2) is 0 Å². The number of hydrogen-bond donors (Lipinski definition) is 1. The Balaban J connectivity index is 1.73. The highest BCUT2D eigenvalue weighted by molar-refractivity contribution is 7.12. The Bertz CT molecular complexity index is 921. The first kappa shape index (κ1) is 20.8. The summed E-state index contributed by atoms with van der Waals surface area (Å²) in [6.07, 6.45) is 1.44. The first-order chi connectivity index (χ1) is 14.1. The molecule has 0 aliphatic carbocycles. The van der Waals surface area contributed by atoms with Gasteiger partial charge in [-0.1, -0.05) is 67.6 Å². The van der Waals surface area contributed by atoms with E-state index in [0.29, 0.717) is 17.8 Å². The molecular formula is C24H26N2O2S. The molecule has 0 radical (unpaired) electrons. The highest BCUT2D eigenvalue weighted by Gasteiger charge is 2.25. The maximum absolute atomic E-state index is 13.2. The van der Waals surface area contributed by atoms with Crippen molar-refractivity contribution in [3.05, 3.63) is 93.7 Å². The van der Waals surface area contributed by atoms with Crippen LogP contribution in [0.4, 0.5) is 0 Å². The monoisotopic (exact) mass is 406 g/mol. The van der Waals surface area contributed by atoms with Gasteiger partial charge in [0.1, 0.15) is 6.04 Å². The topological polar surface area (TPSA) is 49.4 Å². The van der Waals surface area contributed by atoms with Crippen molar-refractivity contribution in [2.75, 3.05) is 7.05 Å². The number of amides is 2. The molecule has 2 amide bonds. The van der Waals surface area contributed by atoms with Crippen molar-refractivity contribution >= 4 is 23.2 Å². The fraction of sp³-hybridized carbons (Fsp3) is 0.250. The minimum absolute atomic E-state index is 0.0988. The Morgan fingerprint density at radius 1 is 0.931 bits per heavy atom. The molecule has 0 bridgehead atoms. The third-order valence-corrected chi connectivity index (χ3v) is 5.73.